The maximum atomic E-state index is 5.62. The zero-order chi connectivity index (χ0) is 15.4. The molecule has 3 rings (SSSR count). The summed E-state index contributed by atoms with van der Waals surface area (Å²) in [6, 6.07) is 9.00. The molecule has 1 atom stereocenters. The molecule has 2 heterocycles. The number of nitrogens with one attached hydrogen (secondary N) is 1. The first kappa shape index (κ1) is 15.7. The second kappa shape index (κ2) is 7.40. The molecule has 1 aromatic carbocycles. The van der Waals surface area contributed by atoms with Crippen LogP contribution in [-0.2, 0) is 11.2 Å². The van der Waals surface area contributed by atoms with Crippen molar-refractivity contribution in [3.8, 4) is 0 Å². The molecule has 0 aliphatic carbocycles. The zero-order valence-corrected chi connectivity index (χ0v) is 14.1. The molecule has 4 nitrogen and oxygen atoms in total. The number of hydrogen-bond acceptors (Lipinski definition) is 3. The van der Waals surface area contributed by atoms with E-state index in [1.807, 2.05) is 0 Å². The predicted octanol–water partition coefficient (Wildman–Crippen LogP) is 2.03. The number of rotatable bonds is 4. The molecule has 2 aliphatic rings. The SMILES string of the molecule is C[C@@H]1Cc2ccccc2N1C(=S)NCCCN1CCOCC1. The zero-order valence-electron chi connectivity index (χ0n) is 13.3. The Balaban J connectivity index is 1.46. The van der Waals surface area contributed by atoms with E-state index in [0.29, 0.717) is 6.04 Å². The first-order valence-corrected chi connectivity index (χ1v) is 8.61. The topological polar surface area (TPSA) is 27.7 Å². The standard InChI is InChI=1S/C17H25N3OS/c1-14-13-15-5-2-3-6-16(15)20(14)17(22)18-7-4-8-19-9-11-21-12-10-19/h2-3,5-6,14H,4,7-13H2,1H3,(H,18,22)/t14-/m1/s1. The third-order valence-corrected chi connectivity index (χ3v) is 4.80. The van der Waals surface area contributed by atoms with E-state index in [9.17, 15) is 0 Å². The van der Waals surface area contributed by atoms with Crippen LogP contribution >= 0.6 is 12.2 Å². The van der Waals surface area contributed by atoms with Crippen LogP contribution < -0.4 is 10.2 Å². The van der Waals surface area contributed by atoms with E-state index in [2.05, 4.69) is 46.3 Å². The van der Waals surface area contributed by atoms with Crippen LogP contribution in [0, 0.1) is 0 Å². The summed E-state index contributed by atoms with van der Waals surface area (Å²) in [5.41, 5.74) is 2.66. The maximum absolute atomic E-state index is 5.62. The Morgan fingerprint density at radius 2 is 2.09 bits per heavy atom. The molecular weight excluding hydrogens is 294 g/mol. The molecule has 120 valence electrons. The van der Waals surface area contributed by atoms with Crippen molar-refractivity contribution in [2.24, 2.45) is 0 Å². The second-order valence-corrected chi connectivity index (χ2v) is 6.48. The van der Waals surface area contributed by atoms with Crippen LogP contribution in [0.25, 0.3) is 0 Å². The van der Waals surface area contributed by atoms with Crippen LogP contribution in [0.1, 0.15) is 18.9 Å². The maximum Gasteiger partial charge on any atom is 0.173 e. The van der Waals surface area contributed by atoms with Crippen molar-refractivity contribution in [3.63, 3.8) is 0 Å². The summed E-state index contributed by atoms with van der Waals surface area (Å²) in [6.07, 6.45) is 2.19. The van der Waals surface area contributed by atoms with Crippen LogP contribution in [-0.4, -0.2) is 55.4 Å². The fraction of sp³-hybridized carbons (Fsp3) is 0.588. The van der Waals surface area contributed by atoms with Crippen molar-refractivity contribution >= 4 is 23.0 Å². The Bertz CT molecular complexity index is 516. The van der Waals surface area contributed by atoms with Gasteiger partial charge in [0.25, 0.3) is 0 Å². The van der Waals surface area contributed by atoms with Crippen LogP contribution in [0.2, 0.25) is 0 Å². The molecule has 0 radical (unpaired) electrons. The van der Waals surface area contributed by atoms with Crippen molar-refractivity contribution in [1.82, 2.24) is 10.2 Å². The first-order chi connectivity index (χ1) is 10.8. The molecule has 0 amide bonds. The monoisotopic (exact) mass is 319 g/mol. The minimum absolute atomic E-state index is 0.441. The molecule has 0 spiro atoms. The van der Waals surface area contributed by atoms with Crippen molar-refractivity contribution in [1.29, 1.82) is 0 Å². The van der Waals surface area contributed by atoms with Gasteiger partial charge in [-0.05, 0) is 50.2 Å². The van der Waals surface area contributed by atoms with Crippen LogP contribution in [0.3, 0.4) is 0 Å². The number of hydrogen-bond donors (Lipinski definition) is 1. The lowest BCUT2D eigenvalue weighted by Crippen LogP contribution is -2.44. The van der Waals surface area contributed by atoms with Gasteiger partial charge in [0.2, 0.25) is 0 Å². The molecule has 0 saturated carbocycles. The van der Waals surface area contributed by atoms with Crippen LogP contribution in [0.15, 0.2) is 24.3 Å². The second-order valence-electron chi connectivity index (χ2n) is 6.09. The van der Waals surface area contributed by atoms with Gasteiger partial charge in [-0.15, -0.1) is 0 Å². The van der Waals surface area contributed by atoms with Crippen molar-refractivity contribution in [3.05, 3.63) is 29.8 Å². The molecule has 5 heteroatoms. The lowest BCUT2D eigenvalue weighted by atomic mass is 10.1. The molecule has 22 heavy (non-hydrogen) atoms. The number of ether oxygens (including phenoxy) is 1. The number of morpholine rings is 1. The quantitative estimate of drug-likeness (QED) is 0.677. The fourth-order valence-electron chi connectivity index (χ4n) is 3.28. The summed E-state index contributed by atoms with van der Waals surface area (Å²) in [5, 5.41) is 4.30. The van der Waals surface area contributed by atoms with Crippen molar-refractivity contribution < 1.29 is 4.74 Å². The molecule has 1 aromatic rings. The molecule has 2 aliphatic heterocycles. The summed E-state index contributed by atoms with van der Waals surface area (Å²) >= 11 is 5.62. The summed E-state index contributed by atoms with van der Waals surface area (Å²) in [6.45, 7) is 8.14. The van der Waals surface area contributed by atoms with E-state index in [1.165, 1.54) is 11.3 Å². The normalized spacial score (nSPS) is 21.7. The lowest BCUT2D eigenvalue weighted by molar-refractivity contribution is 0.0376. The van der Waals surface area contributed by atoms with Crippen LogP contribution in [0.5, 0.6) is 0 Å². The van der Waals surface area contributed by atoms with E-state index in [1.54, 1.807) is 0 Å². The Morgan fingerprint density at radius 1 is 1.32 bits per heavy atom. The average molecular weight is 319 g/mol. The minimum atomic E-state index is 0.441. The molecule has 0 aromatic heterocycles. The highest BCUT2D eigenvalue weighted by Gasteiger charge is 2.28. The van der Waals surface area contributed by atoms with Gasteiger partial charge in [-0.3, -0.25) is 4.90 Å². The van der Waals surface area contributed by atoms with E-state index in [0.717, 1.165) is 57.3 Å². The van der Waals surface area contributed by atoms with Crippen molar-refractivity contribution in [2.45, 2.75) is 25.8 Å². The van der Waals surface area contributed by atoms with E-state index < -0.39 is 0 Å². The Kier molecular flexibility index (Phi) is 5.28. The molecule has 0 unspecified atom stereocenters. The highest BCUT2D eigenvalue weighted by Crippen LogP contribution is 2.31. The lowest BCUT2D eigenvalue weighted by Gasteiger charge is -2.28. The highest BCUT2D eigenvalue weighted by molar-refractivity contribution is 7.80. The highest BCUT2D eigenvalue weighted by atomic mass is 32.1. The van der Waals surface area contributed by atoms with Gasteiger partial charge in [0.1, 0.15) is 0 Å². The van der Waals surface area contributed by atoms with Gasteiger partial charge in [-0.2, -0.15) is 0 Å². The number of fused-ring (bicyclic) bond motifs is 1. The van der Waals surface area contributed by atoms with Crippen molar-refractivity contribution in [2.75, 3.05) is 44.3 Å². The number of thiocarbonyl (C=S) groups is 1. The number of benzene rings is 1. The minimum Gasteiger partial charge on any atom is -0.379 e. The Hall–Kier alpha value is -1.17. The van der Waals surface area contributed by atoms with Gasteiger partial charge in [0, 0.05) is 31.4 Å². The molecule has 1 fully saturated rings. The molecule has 0 bridgehead atoms. The van der Waals surface area contributed by atoms with Gasteiger partial charge in [-0.1, -0.05) is 18.2 Å². The van der Waals surface area contributed by atoms with Gasteiger partial charge in [0.15, 0.2) is 5.11 Å². The third kappa shape index (κ3) is 3.59. The van der Waals surface area contributed by atoms with Gasteiger partial charge in [-0.25, -0.2) is 0 Å². The molecule has 1 N–H and O–H groups in total. The third-order valence-electron chi connectivity index (χ3n) is 4.46. The van der Waals surface area contributed by atoms with Gasteiger partial charge < -0.3 is 15.0 Å². The largest absolute Gasteiger partial charge is 0.379 e. The fourth-order valence-corrected chi connectivity index (χ4v) is 3.66. The van der Waals surface area contributed by atoms with E-state index in [4.69, 9.17) is 17.0 Å². The predicted molar refractivity (Wildman–Crippen MR) is 94.6 cm³/mol. The Morgan fingerprint density at radius 3 is 2.91 bits per heavy atom. The Labute approximate surface area is 138 Å². The number of para-hydroxylation sites is 1. The summed E-state index contributed by atoms with van der Waals surface area (Å²) in [7, 11) is 0. The van der Waals surface area contributed by atoms with Crippen LogP contribution in [0.4, 0.5) is 5.69 Å². The van der Waals surface area contributed by atoms with E-state index in [-0.39, 0.29) is 0 Å². The summed E-state index contributed by atoms with van der Waals surface area (Å²) in [4.78, 5) is 4.72. The average Bonchev–Trinajstić information content (AvgIpc) is 2.88. The smallest absolute Gasteiger partial charge is 0.173 e. The first-order valence-electron chi connectivity index (χ1n) is 8.21. The number of anilines is 1. The molecule has 1 saturated heterocycles. The van der Waals surface area contributed by atoms with E-state index >= 15 is 0 Å². The summed E-state index contributed by atoms with van der Waals surface area (Å²) in [5.74, 6) is 0. The van der Waals surface area contributed by atoms with Gasteiger partial charge in [0.05, 0.1) is 13.2 Å². The van der Waals surface area contributed by atoms with Gasteiger partial charge >= 0.3 is 0 Å². The summed E-state index contributed by atoms with van der Waals surface area (Å²) < 4.78 is 5.37. The number of nitrogens with zero attached hydrogens (tertiary/aromatic N) is 2. The molecular formula is C17H25N3OS.